The summed E-state index contributed by atoms with van der Waals surface area (Å²) in [4.78, 5) is 21.5. The molecule has 14 heavy (non-hydrogen) atoms. The van der Waals surface area contributed by atoms with Crippen LogP contribution in [0.2, 0.25) is 0 Å². The number of hydrogen-bond acceptors (Lipinski definition) is 5. The van der Waals surface area contributed by atoms with Crippen LogP contribution in [0.1, 0.15) is 6.92 Å². The number of carbonyl (C=O) groups excluding carboxylic acids is 2. The van der Waals surface area contributed by atoms with Crippen molar-refractivity contribution in [2.45, 2.75) is 6.92 Å². The maximum atomic E-state index is 10.9. The highest BCUT2D eigenvalue weighted by Gasteiger charge is 2.02. The molecule has 0 unspecified atom stereocenters. The van der Waals surface area contributed by atoms with Crippen molar-refractivity contribution < 1.29 is 19.1 Å². The molecule has 0 spiro atoms. The molecule has 0 bridgehead atoms. The van der Waals surface area contributed by atoms with Gasteiger partial charge in [-0.2, -0.15) is 0 Å². The van der Waals surface area contributed by atoms with Gasteiger partial charge in [0.25, 0.3) is 0 Å². The van der Waals surface area contributed by atoms with Crippen molar-refractivity contribution in [2.24, 2.45) is 0 Å². The van der Waals surface area contributed by atoms with E-state index in [2.05, 4.69) is 14.8 Å². The van der Waals surface area contributed by atoms with E-state index in [-0.39, 0.29) is 18.5 Å². The average Bonchev–Trinajstić information content (AvgIpc) is 2.22. The third-order valence-electron chi connectivity index (χ3n) is 1.56. The second-order valence-electron chi connectivity index (χ2n) is 2.59. The molecule has 0 radical (unpaired) electrons. The van der Waals surface area contributed by atoms with Crippen LogP contribution in [0.5, 0.6) is 0 Å². The lowest BCUT2D eigenvalue weighted by Gasteiger charge is -2.01. The number of carbonyl (C=O) groups is 2. The minimum absolute atomic E-state index is 0.126. The van der Waals surface area contributed by atoms with Crippen molar-refractivity contribution in [1.82, 2.24) is 5.32 Å². The molecule has 0 rings (SSSR count). The molecule has 0 aromatic carbocycles. The summed E-state index contributed by atoms with van der Waals surface area (Å²) < 4.78 is 8.90. The quantitative estimate of drug-likeness (QED) is 0.381. The van der Waals surface area contributed by atoms with Gasteiger partial charge in [0.15, 0.2) is 0 Å². The third-order valence-corrected chi connectivity index (χ3v) is 1.56. The predicted octanol–water partition coefficient (Wildman–Crippen LogP) is -0.132. The van der Waals surface area contributed by atoms with E-state index in [1.54, 1.807) is 13.0 Å². The SMILES string of the molecule is COC(=O)CNC/C=C(/C)C(=O)OC. The maximum Gasteiger partial charge on any atom is 0.333 e. The fraction of sp³-hybridized carbons (Fsp3) is 0.556. The first-order valence-corrected chi connectivity index (χ1v) is 4.14. The van der Waals surface area contributed by atoms with Gasteiger partial charge in [0, 0.05) is 12.1 Å². The van der Waals surface area contributed by atoms with Crippen LogP contribution in [0.15, 0.2) is 11.6 Å². The molecule has 0 saturated carbocycles. The van der Waals surface area contributed by atoms with Gasteiger partial charge in [-0.15, -0.1) is 0 Å². The summed E-state index contributed by atoms with van der Waals surface area (Å²) >= 11 is 0. The first kappa shape index (κ1) is 12.6. The summed E-state index contributed by atoms with van der Waals surface area (Å²) in [7, 11) is 2.64. The number of esters is 2. The molecule has 0 aliphatic rings. The Bertz CT molecular complexity index is 235. The fourth-order valence-corrected chi connectivity index (χ4v) is 0.716. The first-order chi connectivity index (χ1) is 6.61. The topological polar surface area (TPSA) is 64.6 Å². The van der Waals surface area contributed by atoms with Crippen LogP contribution in [0, 0.1) is 0 Å². The van der Waals surface area contributed by atoms with Gasteiger partial charge in [0.2, 0.25) is 0 Å². The normalized spacial score (nSPS) is 10.9. The molecule has 0 heterocycles. The molecule has 0 atom stereocenters. The minimum Gasteiger partial charge on any atom is -0.468 e. The van der Waals surface area contributed by atoms with Gasteiger partial charge in [-0.1, -0.05) is 6.08 Å². The number of methoxy groups -OCH3 is 2. The Morgan fingerprint density at radius 2 is 1.93 bits per heavy atom. The summed E-state index contributed by atoms with van der Waals surface area (Å²) in [6, 6.07) is 0. The number of hydrogen-bond donors (Lipinski definition) is 1. The average molecular weight is 201 g/mol. The van der Waals surface area contributed by atoms with E-state index in [1.807, 2.05) is 0 Å². The van der Waals surface area contributed by atoms with E-state index < -0.39 is 0 Å². The Balaban J connectivity index is 3.71. The first-order valence-electron chi connectivity index (χ1n) is 4.14. The highest BCUT2D eigenvalue weighted by Crippen LogP contribution is 1.93. The summed E-state index contributed by atoms with van der Waals surface area (Å²) in [6.07, 6.45) is 1.65. The van der Waals surface area contributed by atoms with Gasteiger partial charge in [-0.25, -0.2) is 4.79 Å². The van der Waals surface area contributed by atoms with E-state index in [0.717, 1.165) is 0 Å². The molecule has 80 valence electrons. The molecule has 0 saturated heterocycles. The van der Waals surface area contributed by atoms with Crippen LogP contribution >= 0.6 is 0 Å². The lowest BCUT2D eigenvalue weighted by atomic mass is 10.3. The molecule has 1 N–H and O–H groups in total. The predicted molar refractivity (Wildman–Crippen MR) is 50.7 cm³/mol. The Morgan fingerprint density at radius 3 is 2.43 bits per heavy atom. The second kappa shape index (κ2) is 7.08. The van der Waals surface area contributed by atoms with Gasteiger partial charge in [0.05, 0.1) is 20.8 Å². The van der Waals surface area contributed by atoms with Crippen LogP contribution in [-0.4, -0.2) is 39.2 Å². The highest BCUT2D eigenvalue weighted by molar-refractivity contribution is 5.87. The molecule has 0 fully saturated rings. The molecule has 5 heteroatoms. The molecule has 5 nitrogen and oxygen atoms in total. The minimum atomic E-state index is -0.370. The van der Waals surface area contributed by atoms with Crippen LogP contribution in [-0.2, 0) is 19.1 Å². The zero-order valence-electron chi connectivity index (χ0n) is 8.62. The van der Waals surface area contributed by atoms with Crippen LogP contribution < -0.4 is 5.32 Å². The van der Waals surface area contributed by atoms with Crippen molar-refractivity contribution in [3.8, 4) is 0 Å². The zero-order chi connectivity index (χ0) is 11.0. The van der Waals surface area contributed by atoms with Crippen molar-refractivity contribution >= 4 is 11.9 Å². The lowest BCUT2D eigenvalue weighted by Crippen LogP contribution is -2.24. The van der Waals surface area contributed by atoms with Crippen molar-refractivity contribution in [2.75, 3.05) is 27.3 Å². The van der Waals surface area contributed by atoms with E-state index in [9.17, 15) is 9.59 Å². The van der Waals surface area contributed by atoms with Crippen molar-refractivity contribution in [3.05, 3.63) is 11.6 Å². The Hall–Kier alpha value is -1.36. The van der Waals surface area contributed by atoms with E-state index in [0.29, 0.717) is 12.1 Å². The van der Waals surface area contributed by atoms with Crippen LogP contribution in [0.3, 0.4) is 0 Å². The lowest BCUT2D eigenvalue weighted by molar-refractivity contribution is -0.139. The smallest absolute Gasteiger partial charge is 0.333 e. The van der Waals surface area contributed by atoms with Gasteiger partial charge in [-0.05, 0) is 6.92 Å². The standard InChI is InChI=1S/C9H15NO4/c1-7(9(12)14-3)4-5-10-6-8(11)13-2/h4,10H,5-6H2,1-3H3/b7-4-. The van der Waals surface area contributed by atoms with Crippen LogP contribution in [0.25, 0.3) is 0 Å². The van der Waals surface area contributed by atoms with Crippen LogP contribution in [0.4, 0.5) is 0 Å². The van der Waals surface area contributed by atoms with Gasteiger partial charge < -0.3 is 14.8 Å². The largest absolute Gasteiger partial charge is 0.468 e. The molecule has 0 aromatic heterocycles. The van der Waals surface area contributed by atoms with Crippen molar-refractivity contribution in [3.63, 3.8) is 0 Å². The maximum absolute atomic E-state index is 10.9. The highest BCUT2D eigenvalue weighted by atomic mass is 16.5. The van der Waals surface area contributed by atoms with Gasteiger partial charge in [-0.3, -0.25) is 4.79 Å². The van der Waals surface area contributed by atoms with Gasteiger partial charge in [0.1, 0.15) is 0 Å². The number of nitrogens with one attached hydrogen (secondary N) is 1. The van der Waals surface area contributed by atoms with Crippen molar-refractivity contribution in [1.29, 1.82) is 0 Å². The molecule has 0 aromatic rings. The summed E-state index contributed by atoms with van der Waals surface area (Å²) in [5.41, 5.74) is 0.505. The Morgan fingerprint density at radius 1 is 1.29 bits per heavy atom. The fourth-order valence-electron chi connectivity index (χ4n) is 0.716. The number of ether oxygens (including phenoxy) is 2. The Kier molecular flexibility index (Phi) is 6.39. The van der Waals surface area contributed by atoms with Gasteiger partial charge >= 0.3 is 11.9 Å². The molecular formula is C9H15NO4. The summed E-state index contributed by atoms with van der Waals surface area (Å²) in [6.45, 7) is 2.20. The monoisotopic (exact) mass is 201 g/mol. The zero-order valence-corrected chi connectivity index (χ0v) is 8.62. The molecule has 0 aliphatic heterocycles. The summed E-state index contributed by atoms with van der Waals surface area (Å²) in [5.74, 6) is -0.709. The molecule has 0 aliphatic carbocycles. The van der Waals surface area contributed by atoms with E-state index in [1.165, 1.54) is 14.2 Å². The van der Waals surface area contributed by atoms with E-state index >= 15 is 0 Å². The molecular weight excluding hydrogens is 186 g/mol. The Labute approximate surface area is 83.1 Å². The molecule has 0 amide bonds. The number of rotatable bonds is 5. The summed E-state index contributed by atoms with van der Waals surface area (Å²) in [5, 5.41) is 2.79. The third kappa shape index (κ3) is 5.31. The second-order valence-corrected chi connectivity index (χ2v) is 2.59. The van der Waals surface area contributed by atoms with E-state index in [4.69, 9.17) is 0 Å².